The van der Waals surface area contributed by atoms with Crippen LogP contribution in [0.25, 0.3) is 11.1 Å². The molecule has 3 N–H and O–H groups in total. The van der Waals surface area contributed by atoms with Gasteiger partial charge in [-0.3, -0.25) is 4.98 Å². The van der Waals surface area contributed by atoms with Gasteiger partial charge >= 0.3 is 0 Å². The third-order valence-electron chi connectivity index (χ3n) is 4.36. The van der Waals surface area contributed by atoms with Crippen molar-refractivity contribution < 1.29 is 19.7 Å². The van der Waals surface area contributed by atoms with Gasteiger partial charge in [0.1, 0.15) is 24.2 Å². The average Bonchev–Trinajstić information content (AvgIpc) is 2.68. The second-order valence-corrected chi connectivity index (χ2v) is 6.41. The minimum absolute atomic E-state index is 0.0216. The van der Waals surface area contributed by atoms with Gasteiger partial charge < -0.3 is 25.0 Å². The van der Waals surface area contributed by atoms with Crippen molar-refractivity contribution in [1.29, 1.82) is 0 Å². The maximum absolute atomic E-state index is 10.0. The zero-order valence-corrected chi connectivity index (χ0v) is 14.6. The number of benzene rings is 2. The zero-order chi connectivity index (χ0) is 18.6. The van der Waals surface area contributed by atoms with E-state index in [0.717, 1.165) is 22.6 Å². The Morgan fingerprint density at radius 3 is 2.74 bits per heavy atom. The lowest BCUT2D eigenvalue weighted by Gasteiger charge is -2.26. The largest absolute Gasteiger partial charge is 0.508 e. The molecule has 1 aromatic heterocycles. The number of rotatable bonds is 5. The van der Waals surface area contributed by atoms with Gasteiger partial charge in [0.2, 0.25) is 0 Å². The minimum atomic E-state index is -0.0582. The molecule has 6 nitrogen and oxygen atoms in total. The molecule has 0 fully saturated rings. The van der Waals surface area contributed by atoms with Gasteiger partial charge in [-0.2, -0.15) is 0 Å². The average molecular weight is 364 g/mol. The first kappa shape index (κ1) is 17.2. The van der Waals surface area contributed by atoms with Gasteiger partial charge in [-0.1, -0.05) is 12.1 Å². The summed E-state index contributed by atoms with van der Waals surface area (Å²) in [6.45, 7) is 1.76. The van der Waals surface area contributed by atoms with Crippen LogP contribution in [-0.4, -0.2) is 34.5 Å². The molecule has 27 heavy (non-hydrogen) atoms. The predicted molar refractivity (Wildman–Crippen MR) is 101 cm³/mol. The number of hydrogen-bond acceptors (Lipinski definition) is 6. The molecule has 0 radical (unpaired) electrons. The Labute approximate surface area is 157 Å². The monoisotopic (exact) mass is 364 g/mol. The number of aromatic hydroxyl groups is 2. The van der Waals surface area contributed by atoms with Gasteiger partial charge in [0.25, 0.3) is 0 Å². The zero-order valence-electron chi connectivity index (χ0n) is 14.6. The highest BCUT2D eigenvalue weighted by atomic mass is 16.6. The molecule has 0 saturated heterocycles. The molecule has 0 spiro atoms. The molecular weight excluding hydrogens is 344 g/mol. The van der Waals surface area contributed by atoms with Crippen molar-refractivity contribution in [3.63, 3.8) is 0 Å². The smallest absolute Gasteiger partial charge is 0.161 e. The highest BCUT2D eigenvalue weighted by molar-refractivity contribution is 5.70. The molecule has 4 rings (SSSR count). The van der Waals surface area contributed by atoms with Gasteiger partial charge in [-0.15, -0.1) is 0 Å². The molecule has 2 aromatic carbocycles. The summed E-state index contributed by atoms with van der Waals surface area (Å²) in [5, 5.41) is 22.8. The Morgan fingerprint density at radius 1 is 1.04 bits per heavy atom. The fourth-order valence-corrected chi connectivity index (χ4v) is 3.04. The molecule has 1 aliphatic heterocycles. The number of fused-ring (bicyclic) bond motifs is 1. The summed E-state index contributed by atoms with van der Waals surface area (Å²) in [7, 11) is 0. The number of hydrogen-bond donors (Lipinski definition) is 3. The van der Waals surface area contributed by atoms with E-state index in [1.165, 1.54) is 12.1 Å². The molecule has 3 aromatic rings. The van der Waals surface area contributed by atoms with Crippen LogP contribution in [0.3, 0.4) is 0 Å². The molecular formula is C21H20N2O4. The number of aromatic nitrogens is 1. The minimum Gasteiger partial charge on any atom is -0.508 e. The first-order valence-electron chi connectivity index (χ1n) is 8.74. The van der Waals surface area contributed by atoms with Crippen LogP contribution in [0.1, 0.15) is 5.56 Å². The van der Waals surface area contributed by atoms with Crippen LogP contribution in [-0.2, 0) is 6.54 Å². The molecule has 0 bridgehead atoms. The van der Waals surface area contributed by atoms with Crippen LogP contribution in [0.2, 0.25) is 0 Å². The summed E-state index contributed by atoms with van der Waals surface area (Å²) < 4.78 is 11.6. The van der Waals surface area contributed by atoms with Crippen molar-refractivity contribution in [3.05, 3.63) is 66.5 Å². The van der Waals surface area contributed by atoms with Gasteiger partial charge in [0.15, 0.2) is 11.5 Å². The second-order valence-electron chi connectivity index (χ2n) is 6.41. The Bertz CT molecular complexity index is 945. The number of ether oxygens (including phenoxy) is 2. The molecule has 138 valence electrons. The molecule has 0 saturated carbocycles. The fraction of sp³-hybridized carbons (Fsp3) is 0.190. The lowest BCUT2D eigenvalue weighted by molar-refractivity contribution is 0.0902. The topological polar surface area (TPSA) is 83.8 Å². The number of nitrogens with one attached hydrogen (secondary N) is 1. The van der Waals surface area contributed by atoms with Gasteiger partial charge in [0, 0.05) is 42.7 Å². The third kappa shape index (κ3) is 3.96. The Hall–Kier alpha value is -3.25. The number of phenolic OH excluding ortho intramolecular Hbond substituents is 2. The van der Waals surface area contributed by atoms with Crippen LogP contribution in [0, 0.1) is 0 Å². The van der Waals surface area contributed by atoms with Gasteiger partial charge in [-0.05, 0) is 35.9 Å². The SMILES string of the molecule is Oc1ccc(-c2cncc(CNCC3COc4ccccc4O3)c2)c(O)c1. The van der Waals surface area contributed by atoms with Gasteiger partial charge in [0.05, 0.1) is 0 Å². The van der Waals surface area contributed by atoms with Crippen LogP contribution in [0.5, 0.6) is 23.0 Å². The predicted octanol–water partition coefficient (Wildman–Crippen LogP) is 3.09. The van der Waals surface area contributed by atoms with E-state index in [1.54, 1.807) is 18.5 Å². The number of pyridine rings is 1. The molecule has 1 aliphatic rings. The summed E-state index contributed by atoms with van der Waals surface area (Å²) >= 11 is 0. The lowest BCUT2D eigenvalue weighted by atomic mass is 10.0. The van der Waals surface area contributed by atoms with Crippen LogP contribution >= 0.6 is 0 Å². The first-order chi connectivity index (χ1) is 13.2. The molecule has 1 unspecified atom stereocenters. The normalized spacial score (nSPS) is 15.5. The standard InChI is InChI=1S/C21H20N2O4/c24-16-5-6-18(19(25)8-16)15-7-14(9-22-11-15)10-23-12-17-13-26-20-3-1-2-4-21(20)27-17/h1-9,11,17,23-25H,10,12-13H2. The van der Waals surface area contributed by atoms with E-state index < -0.39 is 0 Å². The van der Waals surface area contributed by atoms with Crippen molar-refractivity contribution in [2.75, 3.05) is 13.2 Å². The van der Waals surface area contributed by atoms with E-state index in [4.69, 9.17) is 9.47 Å². The molecule has 2 heterocycles. The summed E-state index contributed by atoms with van der Waals surface area (Å²) in [6.07, 6.45) is 3.41. The van der Waals surface area contributed by atoms with Crippen molar-refractivity contribution in [2.24, 2.45) is 0 Å². The van der Waals surface area contributed by atoms with Crippen molar-refractivity contribution in [3.8, 4) is 34.1 Å². The Balaban J connectivity index is 1.37. The fourth-order valence-electron chi connectivity index (χ4n) is 3.04. The number of phenols is 2. The van der Waals surface area contributed by atoms with E-state index in [0.29, 0.717) is 25.3 Å². The summed E-state index contributed by atoms with van der Waals surface area (Å²) in [5.74, 6) is 1.59. The number of para-hydroxylation sites is 2. The van der Waals surface area contributed by atoms with Crippen molar-refractivity contribution in [2.45, 2.75) is 12.6 Å². The second kappa shape index (κ2) is 7.55. The van der Waals surface area contributed by atoms with Crippen molar-refractivity contribution in [1.82, 2.24) is 10.3 Å². The lowest BCUT2D eigenvalue weighted by Crippen LogP contribution is -2.38. The molecule has 6 heteroatoms. The Morgan fingerprint density at radius 2 is 1.89 bits per heavy atom. The van der Waals surface area contributed by atoms with Crippen LogP contribution < -0.4 is 14.8 Å². The molecule has 0 amide bonds. The number of nitrogens with zero attached hydrogens (tertiary/aromatic N) is 1. The van der Waals surface area contributed by atoms with E-state index in [2.05, 4.69) is 10.3 Å². The van der Waals surface area contributed by atoms with Crippen molar-refractivity contribution >= 4 is 0 Å². The first-order valence-corrected chi connectivity index (χ1v) is 8.74. The summed E-state index contributed by atoms with van der Waals surface area (Å²) in [6, 6.07) is 14.1. The van der Waals surface area contributed by atoms with E-state index in [9.17, 15) is 10.2 Å². The maximum atomic E-state index is 10.0. The van der Waals surface area contributed by atoms with Crippen LogP contribution in [0.15, 0.2) is 60.9 Å². The van der Waals surface area contributed by atoms with E-state index in [-0.39, 0.29) is 17.6 Å². The highest BCUT2D eigenvalue weighted by Gasteiger charge is 2.20. The maximum Gasteiger partial charge on any atom is 0.161 e. The van der Waals surface area contributed by atoms with Crippen LogP contribution in [0.4, 0.5) is 0 Å². The summed E-state index contributed by atoms with van der Waals surface area (Å²) in [5.41, 5.74) is 2.40. The summed E-state index contributed by atoms with van der Waals surface area (Å²) in [4.78, 5) is 4.25. The molecule has 0 aliphatic carbocycles. The quantitative estimate of drug-likeness (QED) is 0.645. The highest BCUT2D eigenvalue weighted by Crippen LogP contribution is 2.32. The van der Waals surface area contributed by atoms with E-state index in [1.807, 2.05) is 30.3 Å². The van der Waals surface area contributed by atoms with Gasteiger partial charge in [-0.25, -0.2) is 0 Å². The Kier molecular flexibility index (Phi) is 4.80. The third-order valence-corrected chi connectivity index (χ3v) is 4.36. The molecule has 1 atom stereocenters. The van der Waals surface area contributed by atoms with E-state index >= 15 is 0 Å².